The zero-order chi connectivity index (χ0) is 19.2. The van der Waals surface area contributed by atoms with Gasteiger partial charge in [-0.3, -0.25) is 19.6 Å². The maximum absolute atomic E-state index is 13.3. The molecule has 27 heavy (non-hydrogen) atoms. The molecule has 0 spiro atoms. The molecule has 0 saturated carbocycles. The number of carbonyl (C=O) groups excluding carboxylic acids is 1. The van der Waals surface area contributed by atoms with E-state index < -0.39 is 6.04 Å². The van der Waals surface area contributed by atoms with Crippen molar-refractivity contribution in [2.24, 2.45) is 0 Å². The number of pyridine rings is 1. The summed E-state index contributed by atoms with van der Waals surface area (Å²) in [6.45, 7) is 4.14. The van der Waals surface area contributed by atoms with Gasteiger partial charge in [0.15, 0.2) is 0 Å². The molecule has 2 heterocycles. The van der Waals surface area contributed by atoms with Gasteiger partial charge in [0.2, 0.25) is 5.91 Å². The first-order valence-corrected chi connectivity index (χ1v) is 9.36. The van der Waals surface area contributed by atoms with Crippen LogP contribution < -0.4 is 0 Å². The molecule has 1 saturated heterocycles. The second-order valence-electron chi connectivity index (χ2n) is 7.23. The van der Waals surface area contributed by atoms with Crippen LogP contribution in [0.25, 0.3) is 0 Å². The molecular formula is C21H27FN4O. The van der Waals surface area contributed by atoms with Gasteiger partial charge in [-0.05, 0) is 55.9 Å². The van der Waals surface area contributed by atoms with Gasteiger partial charge >= 0.3 is 0 Å². The maximum atomic E-state index is 13.3. The number of amides is 1. The molecule has 0 radical (unpaired) electrons. The van der Waals surface area contributed by atoms with Gasteiger partial charge in [0.05, 0.1) is 0 Å². The lowest BCUT2D eigenvalue weighted by atomic mass is 10.0. The number of carbonyl (C=O) groups is 1. The SMILES string of the molecule is CN(C)[C@@H](C(=O)N1CCCN(Cc2ccncc2)CC1)c1ccc(F)cc1. The van der Waals surface area contributed by atoms with Gasteiger partial charge in [-0.15, -0.1) is 0 Å². The van der Waals surface area contributed by atoms with Crippen molar-refractivity contribution in [2.75, 3.05) is 40.3 Å². The molecule has 0 N–H and O–H groups in total. The molecule has 6 heteroatoms. The van der Waals surface area contributed by atoms with Crippen molar-refractivity contribution in [3.8, 4) is 0 Å². The summed E-state index contributed by atoms with van der Waals surface area (Å²) in [6.07, 6.45) is 4.57. The Bertz CT molecular complexity index is 736. The van der Waals surface area contributed by atoms with Gasteiger partial charge in [0.25, 0.3) is 0 Å². The lowest BCUT2D eigenvalue weighted by Crippen LogP contribution is -2.42. The highest BCUT2D eigenvalue weighted by Crippen LogP contribution is 2.22. The molecule has 2 aromatic rings. The van der Waals surface area contributed by atoms with Crippen molar-refractivity contribution in [1.29, 1.82) is 0 Å². The molecule has 3 rings (SSSR count). The average Bonchev–Trinajstić information content (AvgIpc) is 2.90. The molecular weight excluding hydrogens is 343 g/mol. The fourth-order valence-corrected chi connectivity index (χ4v) is 3.58. The quantitative estimate of drug-likeness (QED) is 0.811. The predicted octanol–water partition coefficient (Wildman–Crippen LogP) is 2.56. The molecule has 0 unspecified atom stereocenters. The summed E-state index contributed by atoms with van der Waals surface area (Å²) < 4.78 is 13.3. The van der Waals surface area contributed by atoms with Crippen molar-refractivity contribution in [1.82, 2.24) is 19.7 Å². The van der Waals surface area contributed by atoms with Crippen LogP contribution in [0.4, 0.5) is 4.39 Å². The van der Waals surface area contributed by atoms with Gasteiger partial charge in [-0.1, -0.05) is 12.1 Å². The highest BCUT2D eigenvalue weighted by atomic mass is 19.1. The number of aromatic nitrogens is 1. The fraction of sp³-hybridized carbons (Fsp3) is 0.429. The number of hydrogen-bond donors (Lipinski definition) is 0. The molecule has 5 nitrogen and oxygen atoms in total. The largest absolute Gasteiger partial charge is 0.340 e. The minimum absolute atomic E-state index is 0.0809. The molecule has 1 aromatic heterocycles. The Balaban J connectivity index is 1.66. The van der Waals surface area contributed by atoms with E-state index in [4.69, 9.17) is 0 Å². The summed E-state index contributed by atoms with van der Waals surface area (Å²) in [6, 6.07) is 9.90. The highest BCUT2D eigenvalue weighted by Gasteiger charge is 2.29. The molecule has 1 fully saturated rings. The monoisotopic (exact) mass is 370 g/mol. The normalized spacial score (nSPS) is 17.0. The number of hydrogen-bond acceptors (Lipinski definition) is 4. The van der Waals surface area contributed by atoms with Crippen LogP contribution in [0.5, 0.6) is 0 Å². The van der Waals surface area contributed by atoms with Crippen molar-refractivity contribution in [3.63, 3.8) is 0 Å². The predicted molar refractivity (Wildman–Crippen MR) is 104 cm³/mol. The van der Waals surface area contributed by atoms with Crippen LogP contribution in [0.1, 0.15) is 23.6 Å². The first kappa shape index (κ1) is 19.5. The molecule has 0 bridgehead atoms. The van der Waals surface area contributed by atoms with Crippen LogP contribution in [0.2, 0.25) is 0 Å². The standard InChI is InChI=1S/C21H27FN4O/c1-24(2)20(18-4-6-19(22)7-5-18)21(27)26-13-3-12-25(14-15-26)16-17-8-10-23-11-9-17/h4-11,20H,3,12-16H2,1-2H3/t20-/m1/s1. The minimum Gasteiger partial charge on any atom is -0.340 e. The van der Waals surface area contributed by atoms with Crippen molar-refractivity contribution in [3.05, 3.63) is 65.7 Å². The van der Waals surface area contributed by atoms with E-state index in [1.165, 1.54) is 17.7 Å². The Morgan fingerprint density at radius 3 is 2.44 bits per heavy atom. The molecule has 0 aliphatic carbocycles. The van der Waals surface area contributed by atoms with Crippen LogP contribution in [0.15, 0.2) is 48.8 Å². The number of rotatable bonds is 5. The second-order valence-corrected chi connectivity index (χ2v) is 7.23. The first-order valence-electron chi connectivity index (χ1n) is 9.36. The van der Waals surface area contributed by atoms with Crippen LogP contribution in [0.3, 0.4) is 0 Å². The summed E-state index contributed by atoms with van der Waals surface area (Å²) in [5.74, 6) is -0.206. The van der Waals surface area contributed by atoms with Crippen molar-refractivity contribution < 1.29 is 9.18 Å². The van der Waals surface area contributed by atoms with E-state index >= 15 is 0 Å². The van der Waals surface area contributed by atoms with Gasteiger partial charge in [-0.2, -0.15) is 0 Å². The zero-order valence-corrected chi connectivity index (χ0v) is 16.0. The van der Waals surface area contributed by atoms with Gasteiger partial charge in [-0.25, -0.2) is 4.39 Å². The summed E-state index contributed by atoms with van der Waals surface area (Å²) in [5, 5.41) is 0. The highest BCUT2D eigenvalue weighted by molar-refractivity contribution is 5.83. The van der Waals surface area contributed by atoms with Crippen molar-refractivity contribution >= 4 is 5.91 Å². The Hall–Kier alpha value is -2.31. The molecule has 1 aliphatic heterocycles. The van der Waals surface area contributed by atoms with Crippen molar-refractivity contribution in [2.45, 2.75) is 19.0 Å². The molecule has 144 valence electrons. The van der Waals surface area contributed by atoms with E-state index in [1.807, 2.05) is 48.4 Å². The summed E-state index contributed by atoms with van der Waals surface area (Å²) >= 11 is 0. The van der Waals surface area contributed by atoms with Crippen LogP contribution >= 0.6 is 0 Å². The third-order valence-electron chi connectivity index (χ3n) is 4.99. The van der Waals surface area contributed by atoms with E-state index in [2.05, 4.69) is 9.88 Å². The number of likely N-dealkylation sites (N-methyl/N-ethyl adjacent to an activating group) is 1. The lowest BCUT2D eigenvalue weighted by molar-refractivity contribution is -0.136. The number of nitrogens with zero attached hydrogens (tertiary/aromatic N) is 4. The Morgan fingerprint density at radius 2 is 1.78 bits per heavy atom. The first-order chi connectivity index (χ1) is 13.0. The third kappa shape index (κ3) is 5.11. The van der Waals surface area contributed by atoms with Gasteiger partial charge < -0.3 is 4.90 Å². The molecule has 1 amide bonds. The van der Waals surface area contributed by atoms with Crippen LogP contribution in [0, 0.1) is 5.82 Å². The van der Waals surface area contributed by atoms with E-state index in [-0.39, 0.29) is 11.7 Å². The zero-order valence-electron chi connectivity index (χ0n) is 16.0. The Labute approximate surface area is 160 Å². The van der Waals surface area contributed by atoms with Crippen LogP contribution in [-0.4, -0.2) is 65.9 Å². The van der Waals surface area contributed by atoms with Crippen LogP contribution in [-0.2, 0) is 11.3 Å². The smallest absolute Gasteiger partial charge is 0.244 e. The summed E-state index contributed by atoms with van der Waals surface area (Å²) in [4.78, 5) is 23.5. The topological polar surface area (TPSA) is 39.7 Å². The summed E-state index contributed by atoms with van der Waals surface area (Å²) in [7, 11) is 3.78. The number of benzene rings is 1. The Kier molecular flexibility index (Phi) is 6.53. The fourth-order valence-electron chi connectivity index (χ4n) is 3.58. The van der Waals surface area contributed by atoms with E-state index in [1.54, 1.807) is 12.1 Å². The van der Waals surface area contributed by atoms with Gasteiger partial charge in [0.1, 0.15) is 11.9 Å². The minimum atomic E-state index is -0.391. The average molecular weight is 370 g/mol. The van der Waals surface area contributed by atoms with E-state index in [0.29, 0.717) is 6.54 Å². The third-order valence-corrected chi connectivity index (χ3v) is 4.99. The molecule has 1 aromatic carbocycles. The second kappa shape index (κ2) is 9.06. The lowest BCUT2D eigenvalue weighted by Gasteiger charge is -2.30. The molecule has 1 aliphatic rings. The Morgan fingerprint density at radius 1 is 1.07 bits per heavy atom. The number of halogens is 1. The maximum Gasteiger partial charge on any atom is 0.244 e. The summed E-state index contributed by atoms with van der Waals surface area (Å²) in [5.41, 5.74) is 2.06. The molecule has 1 atom stereocenters. The van der Waals surface area contributed by atoms with E-state index in [9.17, 15) is 9.18 Å². The van der Waals surface area contributed by atoms with E-state index in [0.717, 1.165) is 38.2 Å². The van der Waals surface area contributed by atoms with Gasteiger partial charge in [0, 0.05) is 45.1 Å².